The molecule has 0 spiro atoms. The van der Waals surface area contributed by atoms with Crippen molar-refractivity contribution in [3.63, 3.8) is 0 Å². The molecule has 2 rings (SSSR count). The number of ether oxygens (including phenoxy) is 1. The molecule has 0 bridgehead atoms. The number of rotatable bonds is 7. The van der Waals surface area contributed by atoms with E-state index in [4.69, 9.17) is 9.15 Å². The number of hydrogen-bond donors (Lipinski definition) is 2. The Morgan fingerprint density at radius 2 is 2.12 bits per heavy atom. The molecule has 24 heavy (non-hydrogen) atoms. The van der Waals surface area contributed by atoms with E-state index in [1.807, 2.05) is 13.0 Å². The summed E-state index contributed by atoms with van der Waals surface area (Å²) in [4.78, 5) is 12.4. The molecule has 0 saturated carbocycles. The molecule has 5 nitrogen and oxygen atoms in total. The molecule has 0 fully saturated rings. The Balaban J connectivity index is 2.10. The highest BCUT2D eigenvalue weighted by Crippen LogP contribution is 2.28. The van der Waals surface area contributed by atoms with Gasteiger partial charge in [-0.2, -0.15) is 0 Å². The first-order chi connectivity index (χ1) is 11.2. The number of benzene rings is 1. The summed E-state index contributed by atoms with van der Waals surface area (Å²) in [5.74, 6) is 1.19. The largest absolute Gasteiger partial charge is 0.497 e. The Labute approximate surface area is 143 Å². The molecule has 0 aliphatic rings. The number of amides is 1. The highest BCUT2D eigenvalue weighted by molar-refractivity contribution is 5.99. The number of fused-ring (bicyclic) bond motifs is 1. The second-order valence-corrected chi connectivity index (χ2v) is 7.03. The van der Waals surface area contributed by atoms with Gasteiger partial charge in [0.25, 0.3) is 5.91 Å². The van der Waals surface area contributed by atoms with Gasteiger partial charge in [-0.25, -0.2) is 0 Å². The Hall–Kier alpha value is -2.01. The molecule has 1 aromatic carbocycles. The van der Waals surface area contributed by atoms with E-state index >= 15 is 0 Å². The first kappa shape index (κ1) is 18.3. The van der Waals surface area contributed by atoms with Crippen LogP contribution in [-0.4, -0.2) is 30.3 Å². The van der Waals surface area contributed by atoms with Crippen LogP contribution in [0.2, 0.25) is 0 Å². The summed E-state index contributed by atoms with van der Waals surface area (Å²) >= 11 is 0. The quantitative estimate of drug-likeness (QED) is 0.811. The van der Waals surface area contributed by atoms with Crippen LogP contribution >= 0.6 is 0 Å². The number of aryl methyl sites for hydroxylation is 1. The molecule has 132 valence electrons. The fourth-order valence-electron chi connectivity index (χ4n) is 2.58. The van der Waals surface area contributed by atoms with Crippen molar-refractivity contribution >= 4 is 16.9 Å². The summed E-state index contributed by atoms with van der Waals surface area (Å²) in [6.45, 7) is 8.00. The van der Waals surface area contributed by atoms with Crippen molar-refractivity contribution < 1.29 is 19.1 Å². The van der Waals surface area contributed by atoms with Gasteiger partial charge in [0.2, 0.25) is 0 Å². The first-order valence-corrected chi connectivity index (χ1v) is 8.31. The summed E-state index contributed by atoms with van der Waals surface area (Å²) in [6, 6.07) is 5.43. The lowest BCUT2D eigenvalue weighted by Gasteiger charge is -2.24. The van der Waals surface area contributed by atoms with Crippen LogP contribution in [0.15, 0.2) is 22.6 Å². The van der Waals surface area contributed by atoms with E-state index in [-0.39, 0.29) is 18.2 Å². The smallest absolute Gasteiger partial charge is 0.287 e. The summed E-state index contributed by atoms with van der Waals surface area (Å²) in [5.41, 5.74) is 0.483. The summed E-state index contributed by atoms with van der Waals surface area (Å²) in [7, 11) is 1.60. The molecule has 0 saturated heterocycles. The van der Waals surface area contributed by atoms with Crippen LogP contribution in [0.1, 0.15) is 49.7 Å². The van der Waals surface area contributed by atoms with Crippen molar-refractivity contribution in [3.05, 3.63) is 29.5 Å². The van der Waals surface area contributed by atoms with E-state index in [1.54, 1.807) is 26.2 Å². The van der Waals surface area contributed by atoms with Gasteiger partial charge in [-0.3, -0.25) is 4.79 Å². The van der Waals surface area contributed by atoms with Gasteiger partial charge in [0.15, 0.2) is 5.76 Å². The Morgan fingerprint density at radius 1 is 1.42 bits per heavy atom. The summed E-state index contributed by atoms with van der Waals surface area (Å²) in [5, 5.41) is 14.0. The molecule has 0 aliphatic heterocycles. The number of furan rings is 1. The number of methoxy groups -OCH3 is 1. The molecular formula is C19H27NO4. The minimum absolute atomic E-state index is 0.193. The topological polar surface area (TPSA) is 71.7 Å². The van der Waals surface area contributed by atoms with Crippen LogP contribution in [0.3, 0.4) is 0 Å². The van der Waals surface area contributed by atoms with Crippen molar-refractivity contribution in [1.29, 1.82) is 0 Å². The van der Waals surface area contributed by atoms with Gasteiger partial charge in [0.1, 0.15) is 11.3 Å². The van der Waals surface area contributed by atoms with Gasteiger partial charge in [0.05, 0.1) is 12.7 Å². The molecule has 0 unspecified atom stereocenters. The van der Waals surface area contributed by atoms with E-state index in [9.17, 15) is 9.90 Å². The van der Waals surface area contributed by atoms with Crippen LogP contribution < -0.4 is 10.1 Å². The predicted octanol–water partition coefficient (Wildman–Crippen LogP) is 3.67. The maximum absolute atomic E-state index is 12.4. The van der Waals surface area contributed by atoms with Gasteiger partial charge in [-0.05, 0) is 50.8 Å². The number of hydrogen-bond acceptors (Lipinski definition) is 4. The van der Waals surface area contributed by atoms with Crippen molar-refractivity contribution in [2.45, 2.75) is 46.1 Å². The minimum atomic E-state index is -0.928. The van der Waals surface area contributed by atoms with E-state index in [1.165, 1.54) is 0 Å². The normalized spacial score (nSPS) is 14.0. The predicted molar refractivity (Wildman–Crippen MR) is 94.5 cm³/mol. The molecular weight excluding hydrogens is 306 g/mol. The lowest BCUT2D eigenvalue weighted by molar-refractivity contribution is 0.0424. The standard InChI is InChI=1S/C19H27NO4/c1-12(2)8-9-19(4,22)11-20-18(21)17-13(3)15-10-14(23-5)6-7-16(15)24-17/h6-7,10,12,22H,8-9,11H2,1-5H3,(H,20,21)/t19-/m0/s1. The average Bonchev–Trinajstić information content (AvgIpc) is 2.87. The van der Waals surface area contributed by atoms with Crippen LogP contribution in [0, 0.1) is 12.8 Å². The van der Waals surface area contributed by atoms with Gasteiger partial charge in [-0.1, -0.05) is 13.8 Å². The zero-order valence-corrected chi connectivity index (χ0v) is 15.1. The molecule has 1 aromatic heterocycles. The SMILES string of the molecule is COc1ccc2oc(C(=O)NC[C@@](C)(O)CCC(C)C)c(C)c2c1. The third-order valence-electron chi connectivity index (χ3n) is 4.24. The zero-order valence-electron chi connectivity index (χ0n) is 15.1. The third-order valence-corrected chi connectivity index (χ3v) is 4.24. The molecule has 5 heteroatoms. The number of aliphatic hydroxyl groups is 1. The third kappa shape index (κ3) is 4.29. The summed E-state index contributed by atoms with van der Waals surface area (Å²) in [6.07, 6.45) is 1.55. The highest BCUT2D eigenvalue weighted by Gasteiger charge is 2.24. The number of carbonyl (C=O) groups is 1. The lowest BCUT2D eigenvalue weighted by Crippen LogP contribution is -2.40. The van der Waals surface area contributed by atoms with Gasteiger partial charge < -0.3 is 19.6 Å². The fraction of sp³-hybridized carbons (Fsp3) is 0.526. The Bertz CT molecular complexity index is 715. The van der Waals surface area contributed by atoms with E-state index < -0.39 is 5.60 Å². The minimum Gasteiger partial charge on any atom is -0.497 e. The maximum Gasteiger partial charge on any atom is 0.287 e. The summed E-state index contributed by atoms with van der Waals surface area (Å²) < 4.78 is 10.9. The average molecular weight is 333 g/mol. The van der Waals surface area contributed by atoms with Crippen LogP contribution in [-0.2, 0) is 0 Å². The van der Waals surface area contributed by atoms with Crippen LogP contribution in [0.4, 0.5) is 0 Å². The second kappa shape index (κ2) is 7.26. The fourth-order valence-corrected chi connectivity index (χ4v) is 2.58. The zero-order chi connectivity index (χ0) is 17.9. The molecule has 1 heterocycles. The van der Waals surface area contributed by atoms with Crippen molar-refractivity contribution in [1.82, 2.24) is 5.32 Å². The van der Waals surface area contributed by atoms with Gasteiger partial charge >= 0.3 is 0 Å². The van der Waals surface area contributed by atoms with Crippen LogP contribution in [0.25, 0.3) is 11.0 Å². The molecule has 2 aromatic rings. The molecule has 1 amide bonds. The number of nitrogens with one attached hydrogen (secondary N) is 1. The molecule has 0 aliphatic carbocycles. The van der Waals surface area contributed by atoms with Crippen molar-refractivity contribution in [3.8, 4) is 5.75 Å². The Morgan fingerprint density at radius 3 is 2.75 bits per heavy atom. The van der Waals surface area contributed by atoms with E-state index in [0.29, 0.717) is 17.9 Å². The van der Waals surface area contributed by atoms with E-state index in [2.05, 4.69) is 19.2 Å². The molecule has 0 radical (unpaired) electrons. The van der Waals surface area contributed by atoms with Crippen molar-refractivity contribution in [2.24, 2.45) is 5.92 Å². The Kier molecular flexibility index (Phi) is 5.54. The van der Waals surface area contributed by atoms with Gasteiger partial charge in [-0.15, -0.1) is 0 Å². The maximum atomic E-state index is 12.4. The highest BCUT2D eigenvalue weighted by atomic mass is 16.5. The second-order valence-electron chi connectivity index (χ2n) is 7.03. The molecule has 1 atom stereocenters. The van der Waals surface area contributed by atoms with Crippen LogP contribution in [0.5, 0.6) is 5.75 Å². The lowest BCUT2D eigenvalue weighted by atomic mass is 9.95. The monoisotopic (exact) mass is 333 g/mol. The molecule has 2 N–H and O–H groups in total. The number of carbonyl (C=O) groups excluding carboxylic acids is 1. The van der Waals surface area contributed by atoms with Crippen molar-refractivity contribution in [2.75, 3.05) is 13.7 Å². The first-order valence-electron chi connectivity index (χ1n) is 8.31. The van der Waals surface area contributed by atoms with E-state index in [0.717, 1.165) is 23.1 Å². The van der Waals surface area contributed by atoms with Gasteiger partial charge in [0, 0.05) is 17.5 Å².